The van der Waals surface area contributed by atoms with Gasteiger partial charge in [0.05, 0.1) is 4.88 Å². The zero-order valence-electron chi connectivity index (χ0n) is 28.8. The number of hydrogen-bond acceptors (Lipinski definition) is 6. The molecule has 12 heteroatoms. The summed E-state index contributed by atoms with van der Waals surface area (Å²) in [6, 6.07) is 10.6. The molecule has 0 fully saturated rings. The molecule has 0 atom stereocenters. The summed E-state index contributed by atoms with van der Waals surface area (Å²) in [4.78, 5) is 9.40. The normalized spacial score (nSPS) is 16.3. The predicted octanol–water partition coefficient (Wildman–Crippen LogP) is 15.3. The van der Waals surface area contributed by atoms with Crippen molar-refractivity contribution in [2.24, 2.45) is 0 Å². The first-order valence-corrected chi connectivity index (χ1v) is 20.6. The molecule has 0 aliphatic heterocycles. The molecule has 0 spiro atoms. The zero-order valence-corrected chi connectivity index (χ0v) is 33.7. The van der Waals surface area contributed by atoms with Crippen molar-refractivity contribution in [3.05, 3.63) is 99.5 Å². The maximum Gasteiger partial charge on any atom is 0.380 e. The molecule has 0 aromatic carbocycles. The summed E-state index contributed by atoms with van der Waals surface area (Å²) in [6.07, 6.45) is 0. The zero-order chi connectivity index (χ0) is 36.7. The minimum absolute atomic E-state index is 0.271. The Bertz CT molecular complexity index is 2180. The first kappa shape index (κ1) is 37.3. The van der Waals surface area contributed by atoms with Crippen LogP contribution in [-0.4, -0.2) is 17.8 Å². The Morgan fingerprint density at radius 3 is 1.32 bits per heavy atom. The van der Waals surface area contributed by atoms with Gasteiger partial charge in [-0.25, -0.2) is 0 Å². The molecule has 6 heterocycles. The van der Waals surface area contributed by atoms with E-state index in [2.05, 4.69) is 26.8 Å². The van der Waals surface area contributed by atoms with Gasteiger partial charge in [0.2, 0.25) is 0 Å². The van der Waals surface area contributed by atoms with Crippen molar-refractivity contribution in [3.63, 3.8) is 0 Å². The highest BCUT2D eigenvalue weighted by Crippen LogP contribution is 2.66. The third kappa shape index (κ3) is 6.21. The van der Waals surface area contributed by atoms with E-state index < -0.39 is 28.9 Å². The number of thiophene rings is 6. The SMILES string of the molecule is Cc1cc(-c2cc(C3=C(c4cc(-c5cc(C)c(C)s5)sc4-c4cc(C)c(C)s4)C(F)(F)C(F)(F)C3(F)F)cs2)sc1C.Cc1cc(C)c(C)s1. The fraction of sp³-hybridized carbons (Fsp3) is 0.316. The van der Waals surface area contributed by atoms with Crippen LogP contribution in [-0.2, 0) is 0 Å². The van der Waals surface area contributed by atoms with Crippen LogP contribution in [0.25, 0.3) is 40.4 Å². The molecule has 6 aromatic heterocycles. The molecule has 0 N–H and O–H groups in total. The fourth-order valence-corrected chi connectivity index (χ4v) is 12.1. The minimum Gasteiger partial charge on any atom is -0.194 e. The van der Waals surface area contributed by atoms with Gasteiger partial charge in [-0.2, -0.15) is 26.3 Å². The molecule has 0 saturated heterocycles. The van der Waals surface area contributed by atoms with Crippen molar-refractivity contribution >= 4 is 79.2 Å². The Balaban J connectivity index is 0.000000477. The van der Waals surface area contributed by atoms with Crippen molar-refractivity contribution in [3.8, 4) is 29.3 Å². The molecule has 0 radical (unpaired) electrons. The first-order valence-electron chi connectivity index (χ1n) is 15.6. The molecule has 7 rings (SSSR count). The van der Waals surface area contributed by atoms with Crippen molar-refractivity contribution in [2.45, 2.75) is 80.1 Å². The average Bonchev–Trinajstić information content (AvgIpc) is 3.88. The van der Waals surface area contributed by atoms with Gasteiger partial charge in [0.15, 0.2) is 0 Å². The molecule has 0 saturated carbocycles. The highest BCUT2D eigenvalue weighted by Gasteiger charge is 2.80. The van der Waals surface area contributed by atoms with Gasteiger partial charge in [-0.3, -0.25) is 0 Å². The summed E-state index contributed by atoms with van der Waals surface area (Å²) >= 11 is 8.35. The summed E-state index contributed by atoms with van der Waals surface area (Å²) in [5.41, 5.74) is 1.15. The van der Waals surface area contributed by atoms with E-state index in [1.54, 1.807) is 6.07 Å². The molecule has 1 aliphatic carbocycles. The van der Waals surface area contributed by atoms with Crippen molar-refractivity contribution in [1.29, 1.82) is 0 Å². The van der Waals surface area contributed by atoms with Gasteiger partial charge in [0, 0.05) is 65.5 Å². The molecule has 0 amide bonds. The molecule has 50 heavy (non-hydrogen) atoms. The average molecular weight is 797 g/mol. The standard InChI is InChI=1S/C31H24F6S5.C7H10S/c1-13-7-22(39-16(13)4)21-10-19(12-38-21)26-27(30(34,35)31(36,37)29(26,32)33)20-11-24(23-8-14(2)17(5)40-23)42-28(20)25-9-15(3)18(6)41-25;1-5-4-6(2)8-7(5)3/h7-12H,1-6H3;4H,1-3H3. The third-order valence-electron chi connectivity index (χ3n) is 9.05. The van der Waals surface area contributed by atoms with Gasteiger partial charge >= 0.3 is 17.8 Å². The Hall–Kier alpha value is -2.48. The van der Waals surface area contributed by atoms with E-state index in [4.69, 9.17) is 0 Å². The van der Waals surface area contributed by atoms with E-state index in [1.807, 2.05) is 65.0 Å². The van der Waals surface area contributed by atoms with Gasteiger partial charge in [-0.15, -0.1) is 68.0 Å². The monoisotopic (exact) mass is 796 g/mol. The maximum atomic E-state index is 15.9. The second kappa shape index (κ2) is 13.2. The number of halogens is 6. The smallest absolute Gasteiger partial charge is 0.194 e. The van der Waals surface area contributed by atoms with Crippen LogP contribution in [0, 0.1) is 62.3 Å². The van der Waals surface area contributed by atoms with Crippen LogP contribution in [0.1, 0.15) is 57.8 Å². The molecule has 6 aromatic rings. The topological polar surface area (TPSA) is 0 Å². The lowest BCUT2D eigenvalue weighted by atomic mass is 9.95. The van der Waals surface area contributed by atoms with E-state index in [0.717, 1.165) is 52.4 Å². The highest BCUT2D eigenvalue weighted by molar-refractivity contribution is 7.27. The number of aryl methyl sites for hydroxylation is 9. The molecule has 1 aliphatic rings. The molecular formula is C38H34F6S6. The van der Waals surface area contributed by atoms with Crippen molar-refractivity contribution < 1.29 is 26.3 Å². The van der Waals surface area contributed by atoms with Gasteiger partial charge in [-0.1, -0.05) is 0 Å². The Labute approximate surface area is 312 Å². The van der Waals surface area contributed by atoms with Crippen LogP contribution in [0.4, 0.5) is 26.3 Å². The van der Waals surface area contributed by atoms with Gasteiger partial charge in [0.25, 0.3) is 0 Å². The van der Waals surface area contributed by atoms with Crippen LogP contribution in [0.5, 0.6) is 0 Å². The molecule has 0 bridgehead atoms. The van der Waals surface area contributed by atoms with Crippen LogP contribution >= 0.6 is 68.0 Å². The number of allylic oxidation sites excluding steroid dienone is 2. The van der Waals surface area contributed by atoms with Gasteiger partial charge < -0.3 is 0 Å². The first-order chi connectivity index (χ1) is 23.2. The summed E-state index contributed by atoms with van der Waals surface area (Å²) in [5, 5.41) is 1.29. The van der Waals surface area contributed by atoms with Crippen molar-refractivity contribution in [1.82, 2.24) is 0 Å². The Morgan fingerprint density at radius 2 is 0.880 bits per heavy atom. The summed E-state index contributed by atoms with van der Waals surface area (Å²) in [5.74, 6) is -15.8. The van der Waals surface area contributed by atoms with E-state index >= 15 is 26.3 Å². The van der Waals surface area contributed by atoms with Crippen LogP contribution in [0.2, 0.25) is 0 Å². The van der Waals surface area contributed by atoms with E-state index in [1.165, 1.54) is 78.2 Å². The summed E-state index contributed by atoms with van der Waals surface area (Å²) in [7, 11) is 0. The third-order valence-corrected chi connectivity index (χ3v) is 16.2. The Morgan fingerprint density at radius 1 is 0.440 bits per heavy atom. The second-order valence-electron chi connectivity index (χ2n) is 12.7. The lowest BCUT2D eigenvalue weighted by Crippen LogP contribution is -2.48. The van der Waals surface area contributed by atoms with E-state index in [-0.39, 0.29) is 16.0 Å². The quantitative estimate of drug-likeness (QED) is 0.152. The highest BCUT2D eigenvalue weighted by atomic mass is 32.1. The predicted molar refractivity (Wildman–Crippen MR) is 207 cm³/mol. The minimum atomic E-state index is -5.61. The molecular weight excluding hydrogens is 763 g/mol. The summed E-state index contributed by atoms with van der Waals surface area (Å²) in [6.45, 7) is 17.9. The molecule has 264 valence electrons. The van der Waals surface area contributed by atoms with Gasteiger partial charge in [0.1, 0.15) is 0 Å². The van der Waals surface area contributed by atoms with E-state index in [0.29, 0.717) is 14.6 Å². The largest absolute Gasteiger partial charge is 0.380 e. The lowest BCUT2D eigenvalue weighted by molar-refractivity contribution is -0.254. The maximum absolute atomic E-state index is 15.9. The van der Waals surface area contributed by atoms with Crippen LogP contribution < -0.4 is 0 Å². The fourth-order valence-electron chi connectivity index (χ4n) is 5.76. The molecule has 0 unspecified atom stereocenters. The van der Waals surface area contributed by atoms with Crippen molar-refractivity contribution in [2.75, 3.05) is 0 Å². The molecule has 0 nitrogen and oxygen atoms in total. The number of hydrogen-bond donors (Lipinski definition) is 0. The second-order valence-corrected chi connectivity index (χ2v) is 19.9. The van der Waals surface area contributed by atoms with Crippen LogP contribution in [0.3, 0.4) is 0 Å². The number of alkyl halides is 6. The Kier molecular flexibility index (Phi) is 9.83. The lowest BCUT2D eigenvalue weighted by Gasteiger charge is -2.25. The van der Waals surface area contributed by atoms with Gasteiger partial charge in [-0.05, 0) is 132 Å². The van der Waals surface area contributed by atoms with Crippen LogP contribution in [0.15, 0.2) is 41.8 Å². The summed E-state index contributed by atoms with van der Waals surface area (Å²) < 4.78 is 93.6. The van der Waals surface area contributed by atoms with E-state index in [9.17, 15) is 0 Å². The number of rotatable bonds is 5.